The molecule has 5 N–H and O–H groups in total. The minimum atomic E-state index is 0.316. The summed E-state index contributed by atoms with van der Waals surface area (Å²) in [5.74, 6) is 4.35. The predicted octanol–water partition coefficient (Wildman–Crippen LogP) is 21.5. The third-order valence-corrected chi connectivity index (χ3v) is 18.0. The number of fused-ring (bicyclic) bond motifs is 5. The van der Waals surface area contributed by atoms with E-state index in [9.17, 15) is 0 Å². The Morgan fingerprint density at radius 1 is 0.454 bits per heavy atom. The second kappa shape index (κ2) is 33.6. The van der Waals surface area contributed by atoms with Crippen LogP contribution in [-0.4, -0.2) is 56.4 Å². The second-order valence-corrected chi connectivity index (χ2v) is 25.5. The molecule has 0 fully saturated rings. The van der Waals surface area contributed by atoms with Crippen LogP contribution in [0.2, 0.25) is 30.1 Å². The summed E-state index contributed by atoms with van der Waals surface area (Å²) < 4.78 is 27.6. The molecule has 0 aliphatic rings. The van der Waals surface area contributed by atoms with Crippen LogP contribution in [0, 0.1) is 45.9 Å². The van der Waals surface area contributed by atoms with Gasteiger partial charge in [-0.1, -0.05) is 93.0 Å². The van der Waals surface area contributed by atoms with Gasteiger partial charge in [0.15, 0.2) is 5.82 Å². The topological polar surface area (TPSA) is 193 Å². The fourth-order valence-electron chi connectivity index (χ4n) is 11.1. The number of hydrogen-bond donors (Lipinski definition) is 5. The number of unbranched alkanes of at least 4 members (excludes halogenated alkanes) is 1. The number of rotatable bonds is 18. The molecule has 6 aromatic heterocycles. The maximum atomic E-state index is 9.13. The Morgan fingerprint density at radius 3 is 1.24 bits per heavy atom. The van der Waals surface area contributed by atoms with E-state index in [1.165, 1.54) is 33.5 Å². The number of phenols is 1. The number of benzene rings is 8. The summed E-state index contributed by atoms with van der Waals surface area (Å²) in [5.41, 5.74) is 13.9. The van der Waals surface area contributed by atoms with Gasteiger partial charge < -0.3 is 48.1 Å². The lowest BCUT2D eigenvalue weighted by Gasteiger charge is -2.10. The van der Waals surface area contributed by atoms with Crippen LogP contribution in [-0.2, 0) is 39.3 Å². The molecule has 0 atom stereocenters. The Labute approximate surface area is 592 Å². The van der Waals surface area contributed by atoms with Crippen LogP contribution in [0.1, 0.15) is 77.2 Å². The van der Waals surface area contributed by atoms with E-state index in [0.29, 0.717) is 62.1 Å². The van der Waals surface area contributed by atoms with Gasteiger partial charge in [0.1, 0.15) is 48.6 Å². The number of halogens is 6. The van der Waals surface area contributed by atoms with Gasteiger partial charge in [0.2, 0.25) is 0 Å². The predicted molar refractivity (Wildman–Crippen MR) is 395 cm³/mol. The molecule has 0 amide bonds. The minimum Gasteiger partial charge on any atom is -0.508 e. The van der Waals surface area contributed by atoms with Crippen molar-refractivity contribution < 1.29 is 24.1 Å². The normalized spacial score (nSPS) is 10.9. The number of aromatic amines is 4. The summed E-state index contributed by atoms with van der Waals surface area (Å²) in [6.07, 6.45) is 3.14. The number of nitrogens with one attached hydrogen (secondary N) is 4. The zero-order valence-electron chi connectivity index (χ0n) is 54.3. The molecule has 0 saturated carbocycles. The third-order valence-electron chi connectivity index (χ3n) is 15.8. The summed E-state index contributed by atoms with van der Waals surface area (Å²) in [6, 6.07) is 58.5. The summed E-state index contributed by atoms with van der Waals surface area (Å²) in [4.78, 5) is 9.73. The Bertz CT molecular complexity index is 4950. The van der Waals surface area contributed by atoms with Crippen molar-refractivity contribution in [2.45, 2.75) is 100 Å². The van der Waals surface area contributed by atoms with Crippen LogP contribution in [0.25, 0.3) is 54.5 Å². The molecule has 0 bridgehead atoms. The average Bonchev–Trinajstić information content (AvgIpc) is 1.67. The molecule has 6 heterocycles. The van der Waals surface area contributed by atoms with Crippen LogP contribution in [0.15, 0.2) is 176 Å². The van der Waals surface area contributed by atoms with Gasteiger partial charge in [0.05, 0.1) is 12.7 Å². The highest BCUT2D eigenvalue weighted by Gasteiger charge is 2.14. The number of ether oxygens (including phenoxy) is 4. The minimum absolute atomic E-state index is 0.316. The van der Waals surface area contributed by atoms with Gasteiger partial charge in [0, 0.05) is 156 Å². The summed E-state index contributed by atoms with van der Waals surface area (Å²) in [7, 11) is 0. The van der Waals surface area contributed by atoms with Crippen LogP contribution in [0.3, 0.4) is 0 Å². The van der Waals surface area contributed by atoms with Gasteiger partial charge >= 0.3 is 0 Å². The van der Waals surface area contributed by atoms with Crippen LogP contribution < -0.4 is 18.9 Å². The fraction of sp³-hybridized carbons (Fsp3) is 0.211. The number of tetrazole rings is 1. The standard InChI is InChI=1S/C20H19Cl2N5O.C20H18Cl2N2O.C16H13Cl2NO.C11H13NO.C9H9NO/c1-13-10-14-11-15(28-12-16-17(21)4-2-5-18(16)22)7-8-19(14)27(13)9-3-6-20-23-25-26-24-20;1-14-11-15-12-16(7-8-20(15)24(14)10-3-2-9-23)25-13-17-18(21)5-4-6-19(17)22;1-10-7-11-8-12(5-6-16(11)19-10)20-9-13-14(17)3-2-4-15(13)18;1-3-13-10-4-5-11-9(7-10)6-8(2)12-11;1-6-4-7-5-8(11)2-3-9(7)10-6/h2,4-5,7-8,10-11H,3,6,9,12H2,1H3,(H,23,24,25,26);4-8,11-12H,2-3,10,13H2,1H3;2-8,19H,9H2,1H3;4-7,12H,3H2,1-2H3;2-5,10-11H,1H3. The molecular weight excluding hydrogens is 1350 g/mol. The van der Waals surface area contributed by atoms with Crippen LogP contribution in [0.4, 0.5) is 0 Å². The highest BCUT2D eigenvalue weighted by Crippen LogP contribution is 2.33. The Hall–Kier alpha value is -9.24. The fourth-order valence-corrected chi connectivity index (χ4v) is 12.7. The van der Waals surface area contributed by atoms with Gasteiger partial charge in [-0.25, -0.2) is 0 Å². The number of aromatic nitrogens is 9. The number of phenolic OH excluding ortho intramolecular Hbond substituents is 1. The average molecular weight is 1420 g/mol. The maximum absolute atomic E-state index is 9.13. The number of H-pyrrole nitrogens is 4. The Balaban J connectivity index is 0.000000136. The summed E-state index contributed by atoms with van der Waals surface area (Å²) in [5, 5.41) is 41.2. The van der Waals surface area contributed by atoms with Gasteiger partial charge in [-0.2, -0.15) is 10.5 Å². The highest BCUT2D eigenvalue weighted by atomic mass is 35.5. The van der Waals surface area contributed by atoms with E-state index in [1.54, 1.807) is 24.3 Å². The molecule has 498 valence electrons. The first-order valence-corrected chi connectivity index (χ1v) is 33.7. The lowest BCUT2D eigenvalue weighted by Crippen LogP contribution is -2.02. The van der Waals surface area contributed by atoms with Gasteiger partial charge in [-0.3, -0.25) is 0 Å². The number of hydrogen-bond acceptors (Lipinski definition) is 9. The molecule has 8 aromatic carbocycles. The van der Waals surface area contributed by atoms with Crippen molar-refractivity contribution in [3.05, 3.63) is 257 Å². The van der Waals surface area contributed by atoms with E-state index in [1.807, 2.05) is 130 Å². The van der Waals surface area contributed by atoms with E-state index < -0.39 is 0 Å². The molecule has 97 heavy (non-hydrogen) atoms. The molecule has 0 saturated heterocycles. The third kappa shape index (κ3) is 18.9. The number of nitriles is 1. The maximum Gasteiger partial charge on any atom is 0.174 e. The molecule has 0 aliphatic heterocycles. The van der Waals surface area contributed by atoms with Crippen molar-refractivity contribution in [2.75, 3.05) is 6.61 Å². The van der Waals surface area contributed by atoms with Crippen LogP contribution in [0.5, 0.6) is 28.7 Å². The number of nitrogens with zero attached hydrogens (tertiary/aromatic N) is 6. The first kappa shape index (κ1) is 70.6. The molecule has 15 nitrogen and oxygen atoms in total. The zero-order valence-corrected chi connectivity index (χ0v) is 58.9. The van der Waals surface area contributed by atoms with E-state index in [2.05, 4.69) is 114 Å². The van der Waals surface area contributed by atoms with Crippen molar-refractivity contribution in [2.24, 2.45) is 0 Å². The molecule has 0 radical (unpaired) electrons. The van der Waals surface area contributed by atoms with Crippen LogP contribution >= 0.6 is 69.6 Å². The van der Waals surface area contributed by atoms with Crippen molar-refractivity contribution in [3.8, 4) is 34.8 Å². The quantitative estimate of drug-likeness (QED) is 0.0520. The van der Waals surface area contributed by atoms with Crippen molar-refractivity contribution in [1.29, 1.82) is 5.26 Å². The first-order valence-electron chi connectivity index (χ1n) is 31.5. The highest BCUT2D eigenvalue weighted by molar-refractivity contribution is 6.37. The van der Waals surface area contributed by atoms with Crippen molar-refractivity contribution >= 4 is 124 Å². The lowest BCUT2D eigenvalue weighted by molar-refractivity contribution is 0.306. The van der Waals surface area contributed by atoms with E-state index in [-0.39, 0.29) is 0 Å². The second-order valence-electron chi connectivity index (χ2n) is 23.0. The SMILES string of the molecule is CCOc1ccc2[nH]c(C)cc2c1.Cc1cc2cc(O)ccc2[nH]1.Cc1cc2cc(OCc3c(Cl)cccc3Cl)ccc2[nH]1.Cc1cc2cc(OCc3c(Cl)cccc3Cl)ccc2n1CCCC#N.Cc1cc2cc(OCc3c(Cl)cccc3Cl)ccc2n1CCCc1nn[nH]n1. The van der Waals surface area contributed by atoms with Gasteiger partial charge in [-0.05, 0) is 212 Å². The van der Waals surface area contributed by atoms with Gasteiger partial charge in [0.25, 0.3) is 0 Å². The first-order chi connectivity index (χ1) is 46.9. The monoisotopic (exact) mass is 1410 g/mol. The van der Waals surface area contributed by atoms with Crippen molar-refractivity contribution in [3.63, 3.8) is 0 Å². The Kier molecular flexibility index (Phi) is 24.5. The largest absolute Gasteiger partial charge is 0.508 e. The molecule has 14 rings (SSSR count). The molecule has 21 heteroatoms. The van der Waals surface area contributed by atoms with E-state index in [0.717, 1.165) is 134 Å². The molecule has 14 aromatic rings. The van der Waals surface area contributed by atoms with E-state index in [4.69, 9.17) is 98.9 Å². The molecule has 0 unspecified atom stereocenters. The lowest BCUT2D eigenvalue weighted by atomic mass is 10.2. The smallest absolute Gasteiger partial charge is 0.174 e. The summed E-state index contributed by atoms with van der Waals surface area (Å²) >= 11 is 37.1. The molecular formula is C76H72Cl6N10O5. The number of aryl methyl sites for hydroxylation is 8. The summed E-state index contributed by atoms with van der Waals surface area (Å²) in [6.45, 7) is 15.7. The van der Waals surface area contributed by atoms with Gasteiger partial charge in [-0.15, -0.1) is 10.2 Å². The van der Waals surface area contributed by atoms with Crippen molar-refractivity contribution in [1.82, 2.24) is 44.7 Å². The zero-order chi connectivity index (χ0) is 68.5. The number of aromatic hydroxyl groups is 1. The van der Waals surface area contributed by atoms with E-state index >= 15 is 0 Å². The molecule has 0 aliphatic carbocycles. The Morgan fingerprint density at radius 2 is 0.835 bits per heavy atom. The molecule has 0 spiro atoms.